The fraction of sp³-hybridized carbons (Fsp3) is 0.611. The first-order valence-corrected chi connectivity index (χ1v) is 7.75. The summed E-state index contributed by atoms with van der Waals surface area (Å²) >= 11 is 0. The van der Waals surface area contributed by atoms with Crippen LogP contribution in [0.2, 0.25) is 0 Å². The molecular formula is C18H26O4. The Morgan fingerprint density at radius 1 is 1.18 bits per heavy atom. The van der Waals surface area contributed by atoms with Crippen LogP contribution < -0.4 is 4.74 Å². The van der Waals surface area contributed by atoms with Crippen molar-refractivity contribution in [2.75, 3.05) is 13.7 Å². The largest absolute Gasteiger partial charge is 0.497 e. The average molecular weight is 306 g/mol. The fourth-order valence-corrected chi connectivity index (χ4v) is 2.59. The van der Waals surface area contributed by atoms with Crippen LogP contribution in [0, 0.1) is 17.8 Å². The molecule has 2 rings (SSSR count). The fourth-order valence-electron chi connectivity index (χ4n) is 2.59. The molecule has 0 heterocycles. The first kappa shape index (κ1) is 16.8. The molecule has 0 spiro atoms. The average Bonchev–Trinajstić information content (AvgIpc) is 3.08. The van der Waals surface area contributed by atoms with Gasteiger partial charge in [0.2, 0.25) is 0 Å². The van der Waals surface area contributed by atoms with E-state index in [1.807, 2.05) is 45.0 Å². The second-order valence-electron chi connectivity index (χ2n) is 6.95. The van der Waals surface area contributed by atoms with E-state index < -0.39 is 5.60 Å². The minimum absolute atomic E-state index is 0.0184. The van der Waals surface area contributed by atoms with E-state index in [1.165, 1.54) is 0 Å². The number of ether oxygens (including phenoxy) is 3. The second-order valence-corrected chi connectivity index (χ2v) is 6.95. The van der Waals surface area contributed by atoms with Crippen molar-refractivity contribution in [1.82, 2.24) is 0 Å². The zero-order valence-corrected chi connectivity index (χ0v) is 14.1. The zero-order chi connectivity index (χ0) is 16.3. The Bertz CT molecular complexity index is 501. The highest BCUT2D eigenvalue weighted by Crippen LogP contribution is 2.47. The normalized spacial score (nSPS) is 24.0. The van der Waals surface area contributed by atoms with Crippen LogP contribution in [0.4, 0.5) is 0 Å². The number of rotatable bonds is 6. The minimum Gasteiger partial charge on any atom is -0.497 e. The lowest BCUT2D eigenvalue weighted by atomic mass is 10.2. The number of carbonyl (C=O) groups is 1. The maximum Gasteiger partial charge on any atom is 0.310 e. The van der Waals surface area contributed by atoms with Crippen molar-refractivity contribution < 1.29 is 19.0 Å². The monoisotopic (exact) mass is 306 g/mol. The lowest BCUT2D eigenvalue weighted by Crippen LogP contribution is -2.25. The van der Waals surface area contributed by atoms with Crippen LogP contribution in [-0.4, -0.2) is 25.3 Å². The van der Waals surface area contributed by atoms with E-state index in [0.717, 1.165) is 11.3 Å². The molecule has 1 aromatic carbocycles. The van der Waals surface area contributed by atoms with Crippen LogP contribution in [0.15, 0.2) is 24.3 Å². The van der Waals surface area contributed by atoms with Crippen LogP contribution in [0.1, 0.15) is 33.3 Å². The van der Waals surface area contributed by atoms with Crippen LogP contribution in [0.5, 0.6) is 5.75 Å². The summed E-state index contributed by atoms with van der Waals surface area (Å²) in [5, 5.41) is 0. The molecule has 0 aromatic heterocycles. The summed E-state index contributed by atoms with van der Waals surface area (Å²) in [6, 6.07) is 7.81. The molecule has 0 radical (unpaired) electrons. The molecule has 1 aliphatic rings. The maximum atomic E-state index is 12.1. The molecule has 0 saturated heterocycles. The molecule has 0 bridgehead atoms. The Morgan fingerprint density at radius 3 is 2.36 bits per heavy atom. The Labute approximate surface area is 132 Å². The van der Waals surface area contributed by atoms with Gasteiger partial charge in [0, 0.05) is 0 Å². The van der Waals surface area contributed by atoms with Crippen molar-refractivity contribution >= 4 is 5.97 Å². The lowest BCUT2D eigenvalue weighted by molar-refractivity contribution is -0.157. The van der Waals surface area contributed by atoms with Gasteiger partial charge in [-0.2, -0.15) is 0 Å². The van der Waals surface area contributed by atoms with Gasteiger partial charge in [-0.15, -0.1) is 0 Å². The van der Waals surface area contributed by atoms with Crippen LogP contribution in [0.25, 0.3) is 0 Å². The first-order valence-electron chi connectivity index (χ1n) is 7.75. The second kappa shape index (κ2) is 6.69. The molecule has 1 fully saturated rings. The van der Waals surface area contributed by atoms with Crippen LogP contribution in [0.3, 0.4) is 0 Å². The van der Waals surface area contributed by atoms with Crippen molar-refractivity contribution in [3.8, 4) is 5.75 Å². The molecule has 1 saturated carbocycles. The van der Waals surface area contributed by atoms with Gasteiger partial charge < -0.3 is 14.2 Å². The van der Waals surface area contributed by atoms with E-state index in [0.29, 0.717) is 19.1 Å². The van der Waals surface area contributed by atoms with Gasteiger partial charge in [0.1, 0.15) is 11.4 Å². The topological polar surface area (TPSA) is 44.8 Å². The van der Waals surface area contributed by atoms with Gasteiger partial charge >= 0.3 is 5.97 Å². The molecule has 0 amide bonds. The number of esters is 1. The van der Waals surface area contributed by atoms with E-state index >= 15 is 0 Å². The number of hydrogen-bond donors (Lipinski definition) is 0. The van der Waals surface area contributed by atoms with E-state index in [2.05, 4.69) is 6.92 Å². The molecule has 1 aromatic rings. The highest BCUT2D eigenvalue weighted by atomic mass is 16.6. The molecular weight excluding hydrogens is 280 g/mol. The van der Waals surface area contributed by atoms with Gasteiger partial charge in [-0.05, 0) is 50.3 Å². The van der Waals surface area contributed by atoms with E-state index in [9.17, 15) is 4.79 Å². The third kappa shape index (κ3) is 4.47. The predicted octanol–water partition coefficient (Wildman–Crippen LogP) is 3.44. The molecule has 0 N–H and O–H groups in total. The van der Waals surface area contributed by atoms with Gasteiger partial charge in [0.05, 0.1) is 26.2 Å². The summed E-state index contributed by atoms with van der Waals surface area (Å²) in [6.07, 6.45) is 0. The summed E-state index contributed by atoms with van der Waals surface area (Å²) in [5.74, 6) is 1.33. The molecule has 3 unspecified atom stereocenters. The number of carbonyl (C=O) groups excluding carboxylic acids is 1. The Kier molecular flexibility index (Phi) is 5.12. The van der Waals surface area contributed by atoms with Gasteiger partial charge in [-0.1, -0.05) is 19.1 Å². The van der Waals surface area contributed by atoms with Gasteiger partial charge in [-0.25, -0.2) is 0 Å². The zero-order valence-electron chi connectivity index (χ0n) is 14.1. The summed E-state index contributed by atoms with van der Waals surface area (Å²) < 4.78 is 16.3. The number of benzene rings is 1. The summed E-state index contributed by atoms with van der Waals surface area (Å²) in [6.45, 7) is 8.91. The Hall–Kier alpha value is -1.55. The van der Waals surface area contributed by atoms with Gasteiger partial charge in [-0.3, -0.25) is 4.79 Å². The molecule has 1 aliphatic carbocycles. The highest BCUT2D eigenvalue weighted by molar-refractivity contribution is 5.76. The Morgan fingerprint density at radius 2 is 1.82 bits per heavy atom. The van der Waals surface area contributed by atoms with Crippen molar-refractivity contribution in [1.29, 1.82) is 0 Å². The third-order valence-electron chi connectivity index (χ3n) is 3.98. The van der Waals surface area contributed by atoms with E-state index in [1.54, 1.807) is 7.11 Å². The Balaban J connectivity index is 1.74. The van der Waals surface area contributed by atoms with Crippen molar-refractivity contribution in [3.05, 3.63) is 29.8 Å². The molecule has 4 nitrogen and oxygen atoms in total. The molecule has 0 aliphatic heterocycles. The highest BCUT2D eigenvalue weighted by Gasteiger charge is 2.53. The summed E-state index contributed by atoms with van der Waals surface area (Å²) in [5.41, 5.74) is 0.677. The molecule has 3 atom stereocenters. The van der Waals surface area contributed by atoms with E-state index in [-0.39, 0.29) is 17.8 Å². The third-order valence-corrected chi connectivity index (χ3v) is 3.98. The molecule has 4 heteroatoms. The van der Waals surface area contributed by atoms with Gasteiger partial charge in [0.25, 0.3) is 0 Å². The van der Waals surface area contributed by atoms with Crippen molar-refractivity contribution in [3.63, 3.8) is 0 Å². The SMILES string of the molecule is COc1ccc(COCC2C(C)C2C(=O)OC(C)(C)C)cc1. The summed E-state index contributed by atoms with van der Waals surface area (Å²) in [4.78, 5) is 12.1. The summed E-state index contributed by atoms with van der Waals surface area (Å²) in [7, 11) is 1.65. The smallest absolute Gasteiger partial charge is 0.310 e. The molecule has 22 heavy (non-hydrogen) atoms. The van der Waals surface area contributed by atoms with E-state index in [4.69, 9.17) is 14.2 Å². The van der Waals surface area contributed by atoms with Crippen molar-refractivity contribution in [2.24, 2.45) is 17.8 Å². The minimum atomic E-state index is -0.423. The standard InChI is InChI=1S/C18H26O4/c1-12-15(16(12)17(19)22-18(2,3)4)11-21-10-13-6-8-14(20-5)9-7-13/h6-9,12,15-16H,10-11H2,1-5H3. The first-order chi connectivity index (χ1) is 10.3. The lowest BCUT2D eigenvalue weighted by Gasteiger charge is -2.19. The number of hydrogen-bond acceptors (Lipinski definition) is 4. The van der Waals surface area contributed by atoms with Crippen molar-refractivity contribution in [2.45, 2.75) is 39.9 Å². The maximum absolute atomic E-state index is 12.1. The van der Waals surface area contributed by atoms with Crippen LogP contribution in [-0.2, 0) is 20.9 Å². The number of methoxy groups -OCH3 is 1. The van der Waals surface area contributed by atoms with Gasteiger partial charge in [0.15, 0.2) is 0 Å². The quantitative estimate of drug-likeness (QED) is 0.755. The van der Waals surface area contributed by atoms with Crippen LogP contribution >= 0.6 is 0 Å². The molecule has 122 valence electrons. The predicted molar refractivity (Wildman–Crippen MR) is 84.6 cm³/mol.